The third-order valence-electron chi connectivity index (χ3n) is 2.56. The molecule has 3 nitrogen and oxygen atoms in total. The first-order chi connectivity index (χ1) is 8.65. The molecule has 0 saturated carbocycles. The van der Waals surface area contributed by atoms with Gasteiger partial charge in [-0.1, -0.05) is 34.1 Å². The van der Waals surface area contributed by atoms with Crippen molar-refractivity contribution < 1.29 is 4.74 Å². The van der Waals surface area contributed by atoms with Crippen LogP contribution in [0.25, 0.3) is 0 Å². The molecule has 0 unspecified atom stereocenters. The van der Waals surface area contributed by atoms with Gasteiger partial charge in [-0.15, -0.1) is 0 Å². The molecule has 0 atom stereocenters. The van der Waals surface area contributed by atoms with E-state index in [1.165, 1.54) is 5.56 Å². The maximum absolute atomic E-state index is 5.74. The molecule has 0 bridgehead atoms. The minimum atomic E-state index is 0.527. The van der Waals surface area contributed by atoms with Crippen LogP contribution in [0.3, 0.4) is 0 Å². The molecule has 0 aliphatic heterocycles. The van der Waals surface area contributed by atoms with E-state index in [2.05, 4.69) is 44.1 Å². The molecule has 0 amide bonds. The van der Waals surface area contributed by atoms with Crippen LogP contribution in [0.15, 0.2) is 12.1 Å². The van der Waals surface area contributed by atoms with Crippen LogP contribution in [0.5, 0.6) is 5.88 Å². The minimum absolute atomic E-state index is 0.527. The average Bonchev–Trinajstić information content (AvgIpc) is 2.34. The molecule has 18 heavy (non-hydrogen) atoms. The second kappa shape index (κ2) is 8.09. The lowest BCUT2D eigenvalue weighted by Crippen LogP contribution is -2.13. The van der Waals surface area contributed by atoms with E-state index in [9.17, 15) is 0 Å². The molecule has 0 aromatic carbocycles. The fourth-order valence-corrected chi connectivity index (χ4v) is 1.70. The summed E-state index contributed by atoms with van der Waals surface area (Å²) in [7, 11) is 0. The van der Waals surface area contributed by atoms with Crippen LogP contribution < -0.4 is 10.1 Å². The van der Waals surface area contributed by atoms with Crippen molar-refractivity contribution in [3.63, 3.8) is 0 Å². The van der Waals surface area contributed by atoms with E-state index in [0.717, 1.165) is 44.1 Å². The quantitative estimate of drug-likeness (QED) is 0.769. The van der Waals surface area contributed by atoms with Gasteiger partial charge in [-0.3, -0.25) is 0 Å². The Morgan fingerprint density at radius 3 is 2.67 bits per heavy atom. The largest absolute Gasteiger partial charge is 0.477 e. The van der Waals surface area contributed by atoms with Gasteiger partial charge in [0.25, 0.3) is 0 Å². The molecule has 0 radical (unpaired) electrons. The lowest BCUT2D eigenvalue weighted by Gasteiger charge is -2.11. The van der Waals surface area contributed by atoms with Crippen molar-refractivity contribution in [1.29, 1.82) is 0 Å². The number of nitrogens with zero attached hydrogens (tertiary/aromatic N) is 1. The van der Waals surface area contributed by atoms with Crippen LogP contribution in [0.4, 0.5) is 0 Å². The van der Waals surface area contributed by atoms with Gasteiger partial charge in [0, 0.05) is 18.3 Å². The van der Waals surface area contributed by atoms with Crippen molar-refractivity contribution in [2.24, 2.45) is 5.92 Å². The van der Waals surface area contributed by atoms with Crippen molar-refractivity contribution in [2.45, 2.75) is 47.1 Å². The number of hydrogen-bond donors (Lipinski definition) is 1. The van der Waals surface area contributed by atoms with Gasteiger partial charge < -0.3 is 10.1 Å². The molecule has 0 fully saturated rings. The van der Waals surface area contributed by atoms with Gasteiger partial charge >= 0.3 is 0 Å². The lowest BCUT2D eigenvalue weighted by molar-refractivity contribution is 0.260. The van der Waals surface area contributed by atoms with Crippen LogP contribution in [0.1, 0.15) is 45.4 Å². The van der Waals surface area contributed by atoms with E-state index in [4.69, 9.17) is 4.74 Å². The highest BCUT2D eigenvalue weighted by Crippen LogP contribution is 2.15. The molecule has 0 spiro atoms. The first-order valence-corrected chi connectivity index (χ1v) is 6.99. The predicted molar refractivity (Wildman–Crippen MR) is 75.9 cm³/mol. The summed E-state index contributed by atoms with van der Waals surface area (Å²) >= 11 is 0. The van der Waals surface area contributed by atoms with Gasteiger partial charge in [0.2, 0.25) is 5.88 Å². The Hall–Kier alpha value is -1.09. The smallest absolute Gasteiger partial charge is 0.213 e. The van der Waals surface area contributed by atoms with E-state index in [0.29, 0.717) is 5.92 Å². The molecule has 1 heterocycles. The standard InChI is InChI=1S/C15H26N2O/c1-5-7-14-8-13(10-16-6-2)9-15(17-14)18-11-12(3)4/h8-9,12,16H,5-7,10-11H2,1-4H3. The zero-order chi connectivity index (χ0) is 13.4. The summed E-state index contributed by atoms with van der Waals surface area (Å²) in [5.74, 6) is 1.29. The third-order valence-corrected chi connectivity index (χ3v) is 2.56. The van der Waals surface area contributed by atoms with E-state index in [1.54, 1.807) is 0 Å². The molecule has 0 saturated heterocycles. The predicted octanol–water partition coefficient (Wildman–Crippen LogP) is 3.18. The number of pyridine rings is 1. The second-order valence-electron chi connectivity index (χ2n) is 5.04. The molecule has 1 N–H and O–H groups in total. The van der Waals surface area contributed by atoms with Crippen molar-refractivity contribution in [3.05, 3.63) is 23.4 Å². The summed E-state index contributed by atoms with van der Waals surface area (Å²) in [5, 5.41) is 3.34. The van der Waals surface area contributed by atoms with Crippen molar-refractivity contribution in [1.82, 2.24) is 10.3 Å². The van der Waals surface area contributed by atoms with Gasteiger partial charge in [-0.05, 0) is 30.5 Å². The van der Waals surface area contributed by atoms with Gasteiger partial charge in [0.15, 0.2) is 0 Å². The van der Waals surface area contributed by atoms with E-state index in [-0.39, 0.29) is 0 Å². The molecular weight excluding hydrogens is 224 g/mol. The molecule has 0 aliphatic carbocycles. The summed E-state index contributed by atoms with van der Waals surface area (Å²) in [6.07, 6.45) is 2.12. The molecular formula is C15H26N2O. The Balaban J connectivity index is 2.76. The Bertz CT molecular complexity index is 350. The number of nitrogens with one attached hydrogen (secondary N) is 1. The Morgan fingerprint density at radius 1 is 1.28 bits per heavy atom. The number of hydrogen-bond acceptors (Lipinski definition) is 3. The molecule has 0 aliphatic rings. The van der Waals surface area contributed by atoms with E-state index in [1.807, 2.05) is 6.07 Å². The van der Waals surface area contributed by atoms with Crippen molar-refractivity contribution >= 4 is 0 Å². The summed E-state index contributed by atoms with van der Waals surface area (Å²) < 4.78 is 5.74. The number of rotatable bonds is 8. The minimum Gasteiger partial charge on any atom is -0.477 e. The lowest BCUT2D eigenvalue weighted by atomic mass is 10.1. The summed E-state index contributed by atoms with van der Waals surface area (Å²) in [4.78, 5) is 4.55. The highest BCUT2D eigenvalue weighted by atomic mass is 16.5. The highest BCUT2D eigenvalue weighted by Gasteiger charge is 2.04. The van der Waals surface area contributed by atoms with Gasteiger partial charge in [0.05, 0.1) is 6.61 Å². The Morgan fingerprint density at radius 2 is 2.06 bits per heavy atom. The number of aryl methyl sites for hydroxylation is 1. The fourth-order valence-electron chi connectivity index (χ4n) is 1.70. The summed E-state index contributed by atoms with van der Waals surface area (Å²) in [6.45, 7) is 11.2. The Kier molecular flexibility index (Phi) is 6.73. The van der Waals surface area contributed by atoms with Gasteiger partial charge in [-0.25, -0.2) is 4.98 Å². The van der Waals surface area contributed by atoms with Crippen molar-refractivity contribution in [3.8, 4) is 5.88 Å². The number of aromatic nitrogens is 1. The average molecular weight is 250 g/mol. The fraction of sp³-hybridized carbons (Fsp3) is 0.667. The SMILES string of the molecule is CCCc1cc(CNCC)cc(OCC(C)C)n1. The van der Waals surface area contributed by atoms with Gasteiger partial charge in [-0.2, -0.15) is 0 Å². The normalized spacial score (nSPS) is 10.9. The summed E-state index contributed by atoms with van der Waals surface area (Å²) in [6, 6.07) is 4.22. The van der Waals surface area contributed by atoms with Crippen LogP contribution >= 0.6 is 0 Å². The summed E-state index contributed by atoms with van der Waals surface area (Å²) in [5.41, 5.74) is 2.39. The maximum atomic E-state index is 5.74. The third kappa shape index (κ3) is 5.50. The monoisotopic (exact) mass is 250 g/mol. The zero-order valence-electron chi connectivity index (χ0n) is 12.1. The molecule has 3 heteroatoms. The number of ether oxygens (including phenoxy) is 1. The van der Waals surface area contributed by atoms with Crippen LogP contribution in [-0.2, 0) is 13.0 Å². The molecule has 102 valence electrons. The first-order valence-electron chi connectivity index (χ1n) is 6.99. The van der Waals surface area contributed by atoms with Crippen molar-refractivity contribution in [2.75, 3.05) is 13.2 Å². The van der Waals surface area contributed by atoms with Crippen LogP contribution in [-0.4, -0.2) is 18.1 Å². The van der Waals surface area contributed by atoms with Crippen LogP contribution in [0, 0.1) is 5.92 Å². The molecule has 1 rings (SSSR count). The second-order valence-corrected chi connectivity index (χ2v) is 5.04. The maximum Gasteiger partial charge on any atom is 0.213 e. The van der Waals surface area contributed by atoms with E-state index < -0.39 is 0 Å². The first kappa shape index (κ1) is 15.0. The van der Waals surface area contributed by atoms with Gasteiger partial charge in [0.1, 0.15) is 0 Å². The topological polar surface area (TPSA) is 34.1 Å². The Labute approximate surface area is 111 Å². The molecule has 1 aromatic heterocycles. The highest BCUT2D eigenvalue weighted by molar-refractivity contribution is 5.25. The van der Waals surface area contributed by atoms with E-state index >= 15 is 0 Å². The van der Waals surface area contributed by atoms with Crippen LogP contribution in [0.2, 0.25) is 0 Å². The zero-order valence-corrected chi connectivity index (χ0v) is 12.1. The molecule has 1 aromatic rings.